The van der Waals surface area contributed by atoms with Crippen molar-refractivity contribution in [1.29, 1.82) is 5.26 Å². The van der Waals surface area contributed by atoms with Crippen molar-refractivity contribution in [3.8, 4) is 17.6 Å². The van der Waals surface area contributed by atoms with Crippen LogP contribution in [0.25, 0.3) is 6.08 Å². The molecule has 2 aromatic rings. The molecule has 0 saturated carbocycles. The van der Waals surface area contributed by atoms with Crippen molar-refractivity contribution in [3.63, 3.8) is 0 Å². The van der Waals surface area contributed by atoms with E-state index in [4.69, 9.17) is 32.1 Å². The molecule has 0 bridgehead atoms. The van der Waals surface area contributed by atoms with Gasteiger partial charge in [0.2, 0.25) is 0 Å². The molecule has 2 N–H and O–H groups in total. The Morgan fingerprint density at radius 3 is 2.64 bits per heavy atom. The molecule has 2 aromatic carbocycles. The Morgan fingerprint density at radius 2 is 2.00 bits per heavy atom. The highest BCUT2D eigenvalue weighted by molar-refractivity contribution is 6.31. The highest BCUT2D eigenvalue weighted by Gasteiger charge is 2.09. The Kier molecular flexibility index (Phi) is 6.44. The van der Waals surface area contributed by atoms with E-state index >= 15 is 0 Å². The van der Waals surface area contributed by atoms with Gasteiger partial charge >= 0.3 is 0 Å². The van der Waals surface area contributed by atoms with Crippen molar-refractivity contribution >= 4 is 23.6 Å². The normalized spacial score (nSPS) is 10.8. The highest BCUT2D eigenvalue weighted by Crippen LogP contribution is 2.30. The molecule has 0 aliphatic heterocycles. The molecule has 0 atom stereocenters. The number of amides is 1. The van der Waals surface area contributed by atoms with Gasteiger partial charge in [-0.3, -0.25) is 4.79 Å². The Bertz CT molecular complexity index is 841. The number of nitrogens with zero attached hydrogens (tertiary/aromatic N) is 1. The molecule has 6 heteroatoms. The number of primary amides is 1. The Labute approximate surface area is 151 Å². The van der Waals surface area contributed by atoms with Crippen LogP contribution in [0.1, 0.15) is 18.1 Å². The Hall–Kier alpha value is -2.97. The molecule has 0 heterocycles. The van der Waals surface area contributed by atoms with Crippen LogP contribution >= 0.6 is 11.6 Å². The standard InChI is InChI=1S/C19H17ClN2O3/c1-2-24-18-10-13(9-15(11-21)19(22)23)7-8-17(18)25-12-14-5-3-4-6-16(14)20/h3-10H,2,12H2,1H3,(H2,22,23)/b15-9+. The second kappa shape index (κ2) is 8.76. The summed E-state index contributed by atoms with van der Waals surface area (Å²) in [6, 6.07) is 14.3. The minimum atomic E-state index is -0.778. The summed E-state index contributed by atoms with van der Waals surface area (Å²) < 4.78 is 11.4. The third-order valence-electron chi connectivity index (χ3n) is 3.31. The van der Waals surface area contributed by atoms with Gasteiger partial charge in [-0.1, -0.05) is 35.9 Å². The van der Waals surface area contributed by atoms with E-state index in [2.05, 4.69) is 0 Å². The first-order chi connectivity index (χ1) is 12.0. The van der Waals surface area contributed by atoms with E-state index in [1.807, 2.05) is 25.1 Å². The summed E-state index contributed by atoms with van der Waals surface area (Å²) >= 11 is 6.13. The third-order valence-corrected chi connectivity index (χ3v) is 3.67. The van der Waals surface area contributed by atoms with Crippen LogP contribution in [0.5, 0.6) is 11.5 Å². The third kappa shape index (κ3) is 5.00. The number of rotatable bonds is 7. The van der Waals surface area contributed by atoms with Crippen molar-refractivity contribution in [2.45, 2.75) is 13.5 Å². The first-order valence-corrected chi connectivity index (χ1v) is 7.97. The number of nitriles is 1. The van der Waals surface area contributed by atoms with E-state index < -0.39 is 5.91 Å². The lowest BCUT2D eigenvalue weighted by Crippen LogP contribution is -2.12. The maximum absolute atomic E-state index is 11.2. The molecule has 1 amide bonds. The Morgan fingerprint density at radius 1 is 1.24 bits per heavy atom. The van der Waals surface area contributed by atoms with Gasteiger partial charge in [-0.25, -0.2) is 0 Å². The maximum atomic E-state index is 11.2. The van der Waals surface area contributed by atoms with E-state index in [-0.39, 0.29) is 5.57 Å². The smallest absolute Gasteiger partial charge is 0.259 e. The minimum absolute atomic E-state index is 0.132. The van der Waals surface area contributed by atoms with Crippen LogP contribution < -0.4 is 15.2 Å². The molecule has 25 heavy (non-hydrogen) atoms. The summed E-state index contributed by atoms with van der Waals surface area (Å²) in [6.45, 7) is 2.58. The fourth-order valence-corrected chi connectivity index (χ4v) is 2.29. The molecule has 5 nitrogen and oxygen atoms in total. The zero-order valence-corrected chi connectivity index (χ0v) is 14.4. The lowest BCUT2D eigenvalue weighted by Gasteiger charge is -2.13. The average Bonchev–Trinajstić information content (AvgIpc) is 2.60. The van der Waals surface area contributed by atoms with Crippen LogP contribution in [0.15, 0.2) is 48.0 Å². The van der Waals surface area contributed by atoms with E-state index in [1.165, 1.54) is 6.08 Å². The SMILES string of the molecule is CCOc1cc(/C=C(\C#N)C(N)=O)ccc1OCc1ccccc1Cl. The quantitative estimate of drug-likeness (QED) is 0.605. The molecule has 0 spiro atoms. The number of benzene rings is 2. The second-order valence-corrected chi connectivity index (χ2v) is 5.46. The van der Waals surface area contributed by atoms with Crippen molar-refractivity contribution < 1.29 is 14.3 Å². The van der Waals surface area contributed by atoms with Crippen LogP contribution in [0.2, 0.25) is 5.02 Å². The molecular formula is C19H17ClN2O3. The second-order valence-electron chi connectivity index (χ2n) is 5.05. The predicted octanol–water partition coefficient (Wildman–Crippen LogP) is 3.71. The maximum Gasteiger partial charge on any atom is 0.259 e. The first kappa shape index (κ1) is 18.4. The summed E-state index contributed by atoms with van der Waals surface area (Å²) in [6.07, 6.45) is 1.41. The summed E-state index contributed by atoms with van der Waals surface area (Å²) in [5, 5.41) is 9.56. The molecule has 0 aliphatic rings. The molecule has 0 aliphatic carbocycles. The number of hydrogen-bond donors (Lipinski definition) is 1. The zero-order valence-electron chi connectivity index (χ0n) is 13.7. The number of carbonyl (C=O) groups excluding carboxylic acids is 1. The number of hydrogen-bond acceptors (Lipinski definition) is 4. The largest absolute Gasteiger partial charge is 0.490 e. The van der Waals surface area contributed by atoms with Gasteiger partial charge in [0.25, 0.3) is 5.91 Å². The molecular weight excluding hydrogens is 340 g/mol. The highest BCUT2D eigenvalue weighted by atomic mass is 35.5. The first-order valence-electron chi connectivity index (χ1n) is 7.59. The molecule has 0 radical (unpaired) electrons. The van der Waals surface area contributed by atoms with E-state index in [0.717, 1.165) is 5.56 Å². The predicted molar refractivity (Wildman–Crippen MR) is 96.2 cm³/mol. The van der Waals surface area contributed by atoms with E-state index in [9.17, 15) is 4.79 Å². The molecule has 128 valence electrons. The lowest BCUT2D eigenvalue weighted by atomic mass is 10.1. The van der Waals surface area contributed by atoms with Crippen molar-refractivity contribution in [3.05, 3.63) is 64.2 Å². The van der Waals surface area contributed by atoms with Crippen LogP contribution in [-0.4, -0.2) is 12.5 Å². The number of ether oxygens (including phenoxy) is 2. The number of halogens is 1. The van der Waals surface area contributed by atoms with Gasteiger partial charge in [-0.2, -0.15) is 5.26 Å². The monoisotopic (exact) mass is 356 g/mol. The van der Waals surface area contributed by atoms with Crippen molar-refractivity contribution in [2.24, 2.45) is 5.73 Å². The molecule has 0 fully saturated rings. The zero-order chi connectivity index (χ0) is 18.2. The van der Waals surface area contributed by atoms with Crippen molar-refractivity contribution in [1.82, 2.24) is 0 Å². The van der Waals surface area contributed by atoms with Gasteiger partial charge in [-0.15, -0.1) is 0 Å². The van der Waals surface area contributed by atoms with Crippen molar-refractivity contribution in [2.75, 3.05) is 6.61 Å². The van der Waals surface area contributed by atoms with Gasteiger partial charge in [0.05, 0.1) is 6.61 Å². The van der Waals surface area contributed by atoms with Gasteiger partial charge in [0.1, 0.15) is 18.2 Å². The molecule has 0 unspecified atom stereocenters. The van der Waals surface area contributed by atoms with Gasteiger partial charge in [-0.05, 0) is 36.8 Å². The molecule has 2 rings (SSSR count). The van der Waals surface area contributed by atoms with Gasteiger partial charge < -0.3 is 15.2 Å². The van der Waals surface area contributed by atoms with Crippen LogP contribution in [0, 0.1) is 11.3 Å². The topological polar surface area (TPSA) is 85.3 Å². The van der Waals surface area contributed by atoms with E-state index in [0.29, 0.717) is 35.3 Å². The van der Waals surface area contributed by atoms with E-state index in [1.54, 1.807) is 30.3 Å². The fourth-order valence-electron chi connectivity index (χ4n) is 2.10. The number of nitrogens with two attached hydrogens (primary N) is 1. The Balaban J connectivity index is 2.26. The summed E-state index contributed by atoms with van der Waals surface area (Å²) in [4.78, 5) is 11.2. The molecule has 0 saturated heterocycles. The fraction of sp³-hybridized carbons (Fsp3) is 0.158. The van der Waals surface area contributed by atoms with Crippen LogP contribution in [0.3, 0.4) is 0 Å². The van der Waals surface area contributed by atoms with Crippen LogP contribution in [-0.2, 0) is 11.4 Å². The van der Waals surface area contributed by atoms with Crippen LogP contribution in [0.4, 0.5) is 0 Å². The summed E-state index contributed by atoms with van der Waals surface area (Å²) in [5.41, 5.74) is 6.49. The van der Waals surface area contributed by atoms with Gasteiger partial charge in [0, 0.05) is 10.6 Å². The number of carbonyl (C=O) groups is 1. The minimum Gasteiger partial charge on any atom is -0.490 e. The lowest BCUT2D eigenvalue weighted by molar-refractivity contribution is -0.114. The average molecular weight is 357 g/mol. The summed E-state index contributed by atoms with van der Waals surface area (Å²) in [7, 11) is 0. The van der Waals surface area contributed by atoms with Gasteiger partial charge in [0.15, 0.2) is 11.5 Å². The molecule has 0 aromatic heterocycles. The summed E-state index contributed by atoms with van der Waals surface area (Å²) in [5.74, 6) is 0.265.